The summed E-state index contributed by atoms with van der Waals surface area (Å²) in [6.45, 7) is -1.47. The standard InChI is InChI=1S/C15H18F3NO2/c16-15(17,18)12-19(8-10-21)11-14-7-2-1-5-13(14)6-3-4-9-20/h1-2,5,7,20-21H,4,8-12H2. The third-order valence-corrected chi connectivity index (χ3v) is 2.69. The Morgan fingerprint density at radius 1 is 1.10 bits per heavy atom. The van der Waals surface area contributed by atoms with Crippen LogP contribution in [0.4, 0.5) is 13.2 Å². The van der Waals surface area contributed by atoms with Crippen molar-refractivity contribution in [2.45, 2.75) is 19.1 Å². The molecule has 1 aromatic rings. The second-order valence-corrected chi connectivity index (χ2v) is 4.48. The Morgan fingerprint density at radius 2 is 1.81 bits per heavy atom. The summed E-state index contributed by atoms with van der Waals surface area (Å²) in [6, 6.07) is 6.93. The average Bonchev–Trinajstić information content (AvgIpc) is 2.39. The van der Waals surface area contributed by atoms with Crippen molar-refractivity contribution in [2.24, 2.45) is 0 Å². The predicted octanol–water partition coefficient (Wildman–Crippen LogP) is 1.78. The summed E-state index contributed by atoms with van der Waals surface area (Å²) in [5, 5.41) is 17.6. The smallest absolute Gasteiger partial charge is 0.395 e. The van der Waals surface area contributed by atoms with E-state index < -0.39 is 12.7 Å². The van der Waals surface area contributed by atoms with Crippen LogP contribution in [0.15, 0.2) is 24.3 Å². The van der Waals surface area contributed by atoms with Gasteiger partial charge in [-0.25, -0.2) is 0 Å². The van der Waals surface area contributed by atoms with Gasteiger partial charge in [0.2, 0.25) is 0 Å². The molecule has 6 heteroatoms. The van der Waals surface area contributed by atoms with Gasteiger partial charge in [0, 0.05) is 25.1 Å². The summed E-state index contributed by atoms with van der Waals surface area (Å²) in [5.74, 6) is 5.60. The number of aliphatic hydroxyl groups excluding tert-OH is 2. The van der Waals surface area contributed by atoms with Crippen molar-refractivity contribution in [3.05, 3.63) is 35.4 Å². The van der Waals surface area contributed by atoms with E-state index in [2.05, 4.69) is 11.8 Å². The van der Waals surface area contributed by atoms with E-state index in [-0.39, 0.29) is 26.3 Å². The van der Waals surface area contributed by atoms with Gasteiger partial charge in [0.15, 0.2) is 0 Å². The molecule has 1 rings (SSSR count). The molecular formula is C15H18F3NO2. The van der Waals surface area contributed by atoms with E-state index in [1.54, 1.807) is 24.3 Å². The maximum absolute atomic E-state index is 12.5. The lowest BCUT2D eigenvalue weighted by atomic mass is 10.1. The van der Waals surface area contributed by atoms with Crippen LogP contribution >= 0.6 is 0 Å². The first-order valence-corrected chi connectivity index (χ1v) is 6.54. The minimum absolute atomic E-state index is 0.0557. The molecule has 0 saturated heterocycles. The van der Waals surface area contributed by atoms with Crippen LogP contribution in [0.3, 0.4) is 0 Å². The number of aliphatic hydroxyl groups is 2. The maximum Gasteiger partial charge on any atom is 0.401 e. The molecule has 0 aliphatic heterocycles. The fourth-order valence-corrected chi connectivity index (χ4v) is 1.84. The van der Waals surface area contributed by atoms with Crippen molar-refractivity contribution in [2.75, 3.05) is 26.3 Å². The van der Waals surface area contributed by atoms with Gasteiger partial charge in [-0.1, -0.05) is 30.0 Å². The van der Waals surface area contributed by atoms with Crippen molar-refractivity contribution in [1.82, 2.24) is 4.90 Å². The SMILES string of the molecule is OCCC#Cc1ccccc1CN(CCO)CC(F)(F)F. The lowest BCUT2D eigenvalue weighted by molar-refractivity contribution is -0.147. The van der Waals surface area contributed by atoms with Gasteiger partial charge in [-0.05, 0) is 11.6 Å². The highest BCUT2D eigenvalue weighted by atomic mass is 19.4. The third kappa shape index (κ3) is 7.14. The summed E-state index contributed by atoms with van der Waals surface area (Å²) in [5.41, 5.74) is 1.30. The van der Waals surface area contributed by atoms with Gasteiger partial charge < -0.3 is 10.2 Å². The lowest BCUT2D eigenvalue weighted by Gasteiger charge is -2.23. The van der Waals surface area contributed by atoms with E-state index in [9.17, 15) is 13.2 Å². The molecule has 0 aliphatic rings. The zero-order chi connectivity index (χ0) is 15.7. The van der Waals surface area contributed by atoms with Crippen LogP contribution < -0.4 is 0 Å². The van der Waals surface area contributed by atoms with Crippen LogP contribution in [0.1, 0.15) is 17.5 Å². The molecule has 0 amide bonds. The van der Waals surface area contributed by atoms with E-state index in [4.69, 9.17) is 10.2 Å². The van der Waals surface area contributed by atoms with Crippen LogP contribution in [0, 0.1) is 11.8 Å². The Balaban J connectivity index is 2.86. The highest BCUT2D eigenvalue weighted by molar-refractivity contribution is 5.41. The Bertz CT molecular complexity index is 492. The first kappa shape index (κ1) is 17.5. The van der Waals surface area contributed by atoms with Crippen LogP contribution in [-0.4, -0.2) is 47.6 Å². The number of rotatable bonds is 6. The predicted molar refractivity (Wildman–Crippen MR) is 73.4 cm³/mol. The number of benzene rings is 1. The second kappa shape index (κ2) is 8.67. The highest BCUT2D eigenvalue weighted by Gasteiger charge is 2.30. The molecule has 0 bridgehead atoms. The molecule has 116 valence electrons. The number of nitrogens with zero attached hydrogens (tertiary/aromatic N) is 1. The first-order chi connectivity index (χ1) is 9.96. The van der Waals surface area contributed by atoms with E-state index in [0.717, 1.165) is 4.90 Å². The summed E-state index contributed by atoms with van der Waals surface area (Å²) in [4.78, 5) is 1.13. The minimum Gasteiger partial charge on any atom is -0.395 e. The normalized spacial score (nSPS) is 11.3. The van der Waals surface area contributed by atoms with Crippen molar-refractivity contribution in [3.8, 4) is 11.8 Å². The minimum atomic E-state index is -4.31. The molecule has 21 heavy (non-hydrogen) atoms. The van der Waals surface area contributed by atoms with Gasteiger partial charge in [0.25, 0.3) is 0 Å². The molecule has 0 saturated carbocycles. The average molecular weight is 301 g/mol. The van der Waals surface area contributed by atoms with Gasteiger partial charge in [0.05, 0.1) is 19.8 Å². The molecule has 0 fully saturated rings. The van der Waals surface area contributed by atoms with Gasteiger partial charge in [-0.15, -0.1) is 0 Å². The van der Waals surface area contributed by atoms with Gasteiger partial charge in [-0.3, -0.25) is 4.90 Å². The van der Waals surface area contributed by atoms with E-state index in [1.807, 2.05) is 0 Å². The summed E-state index contributed by atoms with van der Waals surface area (Å²) in [6.07, 6.45) is -4.00. The molecule has 0 radical (unpaired) electrons. The van der Waals surface area contributed by atoms with Crippen molar-refractivity contribution in [3.63, 3.8) is 0 Å². The van der Waals surface area contributed by atoms with Gasteiger partial charge >= 0.3 is 6.18 Å². The molecular weight excluding hydrogens is 283 g/mol. The van der Waals surface area contributed by atoms with Crippen molar-refractivity contribution < 1.29 is 23.4 Å². The molecule has 2 N–H and O–H groups in total. The van der Waals surface area contributed by atoms with Gasteiger partial charge in [-0.2, -0.15) is 13.2 Å². The van der Waals surface area contributed by atoms with Crippen LogP contribution in [0.2, 0.25) is 0 Å². The third-order valence-electron chi connectivity index (χ3n) is 2.69. The largest absolute Gasteiger partial charge is 0.401 e. The number of alkyl halides is 3. The Hall–Kier alpha value is -1.55. The fourth-order valence-electron chi connectivity index (χ4n) is 1.84. The molecule has 3 nitrogen and oxygen atoms in total. The maximum atomic E-state index is 12.5. The summed E-state index contributed by atoms with van der Waals surface area (Å²) in [7, 11) is 0. The monoisotopic (exact) mass is 301 g/mol. The Labute approximate surface area is 122 Å². The summed E-state index contributed by atoms with van der Waals surface area (Å²) < 4.78 is 37.5. The molecule has 1 aromatic carbocycles. The highest BCUT2D eigenvalue weighted by Crippen LogP contribution is 2.19. The molecule has 0 spiro atoms. The zero-order valence-electron chi connectivity index (χ0n) is 11.5. The first-order valence-electron chi connectivity index (χ1n) is 6.54. The van der Waals surface area contributed by atoms with E-state index >= 15 is 0 Å². The molecule has 0 aliphatic carbocycles. The van der Waals surface area contributed by atoms with Crippen molar-refractivity contribution in [1.29, 1.82) is 0 Å². The van der Waals surface area contributed by atoms with Crippen LogP contribution in [0.5, 0.6) is 0 Å². The van der Waals surface area contributed by atoms with Crippen molar-refractivity contribution >= 4 is 0 Å². The number of hydrogen-bond donors (Lipinski definition) is 2. The zero-order valence-corrected chi connectivity index (χ0v) is 11.5. The van der Waals surface area contributed by atoms with Gasteiger partial charge in [0.1, 0.15) is 0 Å². The summed E-state index contributed by atoms with van der Waals surface area (Å²) >= 11 is 0. The molecule has 0 atom stereocenters. The Kier molecular flexibility index (Phi) is 7.23. The fraction of sp³-hybridized carbons (Fsp3) is 0.467. The quantitative estimate of drug-likeness (QED) is 0.787. The van der Waals surface area contributed by atoms with Crippen LogP contribution in [0.25, 0.3) is 0 Å². The van der Waals surface area contributed by atoms with E-state index in [1.165, 1.54) is 0 Å². The number of halogens is 3. The number of hydrogen-bond acceptors (Lipinski definition) is 3. The van der Waals surface area contributed by atoms with Crippen LogP contribution in [-0.2, 0) is 6.54 Å². The molecule has 0 unspecified atom stereocenters. The second-order valence-electron chi connectivity index (χ2n) is 4.48. The topological polar surface area (TPSA) is 43.7 Å². The van der Waals surface area contributed by atoms with E-state index in [0.29, 0.717) is 17.5 Å². The Morgan fingerprint density at radius 3 is 2.43 bits per heavy atom. The molecule has 0 aromatic heterocycles. The lowest BCUT2D eigenvalue weighted by Crippen LogP contribution is -2.35. The molecule has 0 heterocycles.